The van der Waals surface area contributed by atoms with E-state index in [0.29, 0.717) is 17.4 Å². The highest BCUT2D eigenvalue weighted by atomic mass is 35.5. The van der Waals surface area contributed by atoms with Crippen LogP contribution in [0.15, 0.2) is 42.5 Å². The first-order valence-electron chi connectivity index (χ1n) is 6.53. The third-order valence-electron chi connectivity index (χ3n) is 3.14. The molecule has 0 spiro atoms. The first-order valence-corrected chi connectivity index (χ1v) is 6.91. The van der Waals surface area contributed by atoms with Crippen LogP contribution in [-0.4, -0.2) is 20.8 Å². The Morgan fingerprint density at radius 1 is 1.24 bits per heavy atom. The van der Waals surface area contributed by atoms with Crippen LogP contribution in [0.3, 0.4) is 0 Å². The predicted octanol–water partition coefficient (Wildman–Crippen LogP) is 3.83. The van der Waals surface area contributed by atoms with Crippen LogP contribution in [0.1, 0.15) is 11.6 Å². The van der Waals surface area contributed by atoms with Gasteiger partial charge in [-0.3, -0.25) is 0 Å². The smallest absolute Gasteiger partial charge is 0.165 e. The summed E-state index contributed by atoms with van der Waals surface area (Å²) < 4.78 is 24.4. The van der Waals surface area contributed by atoms with Gasteiger partial charge < -0.3 is 14.8 Å². The fourth-order valence-electron chi connectivity index (χ4n) is 1.98. The van der Waals surface area contributed by atoms with E-state index in [0.717, 1.165) is 5.56 Å². The average molecular weight is 310 g/mol. The van der Waals surface area contributed by atoms with E-state index in [4.69, 9.17) is 21.1 Å². The zero-order chi connectivity index (χ0) is 15.2. The maximum Gasteiger partial charge on any atom is 0.165 e. The number of benzene rings is 2. The van der Waals surface area contributed by atoms with Gasteiger partial charge in [-0.05, 0) is 42.9 Å². The standard InChI is InChI=1S/C16H17ClFNO2/c1-19-15(10-21-13-5-3-4-12(17)9-13)11-6-7-16(20-2)14(18)8-11/h3-9,15,19H,10H2,1-2H3. The minimum Gasteiger partial charge on any atom is -0.494 e. The van der Waals surface area contributed by atoms with Gasteiger partial charge in [0.25, 0.3) is 0 Å². The van der Waals surface area contributed by atoms with Crippen molar-refractivity contribution in [3.63, 3.8) is 0 Å². The fraction of sp³-hybridized carbons (Fsp3) is 0.250. The van der Waals surface area contributed by atoms with Crippen molar-refractivity contribution in [2.75, 3.05) is 20.8 Å². The zero-order valence-corrected chi connectivity index (χ0v) is 12.7. The number of rotatable bonds is 6. The van der Waals surface area contributed by atoms with Crippen LogP contribution in [-0.2, 0) is 0 Å². The van der Waals surface area contributed by atoms with Gasteiger partial charge in [-0.2, -0.15) is 0 Å². The molecular formula is C16H17ClFNO2. The molecular weight excluding hydrogens is 293 g/mol. The molecule has 0 aliphatic rings. The minimum atomic E-state index is -0.391. The molecule has 1 N–H and O–H groups in total. The largest absolute Gasteiger partial charge is 0.494 e. The molecule has 1 unspecified atom stereocenters. The van der Waals surface area contributed by atoms with E-state index in [1.807, 2.05) is 18.2 Å². The van der Waals surface area contributed by atoms with E-state index < -0.39 is 5.82 Å². The van der Waals surface area contributed by atoms with Gasteiger partial charge in [-0.1, -0.05) is 23.7 Å². The maximum absolute atomic E-state index is 13.8. The Morgan fingerprint density at radius 3 is 2.67 bits per heavy atom. The molecule has 21 heavy (non-hydrogen) atoms. The molecule has 2 rings (SSSR count). The molecule has 2 aromatic carbocycles. The van der Waals surface area contributed by atoms with Crippen LogP contribution >= 0.6 is 11.6 Å². The fourth-order valence-corrected chi connectivity index (χ4v) is 2.16. The number of hydrogen-bond donors (Lipinski definition) is 1. The molecule has 2 aromatic rings. The number of nitrogens with one attached hydrogen (secondary N) is 1. The van der Waals surface area contributed by atoms with E-state index in [1.165, 1.54) is 13.2 Å². The van der Waals surface area contributed by atoms with Gasteiger partial charge in [0.1, 0.15) is 12.4 Å². The highest BCUT2D eigenvalue weighted by Gasteiger charge is 2.13. The molecule has 0 heterocycles. The molecule has 1 atom stereocenters. The molecule has 0 amide bonds. The number of ether oxygens (including phenoxy) is 2. The van der Waals surface area contributed by atoms with E-state index in [1.54, 1.807) is 25.2 Å². The molecule has 0 aliphatic carbocycles. The Morgan fingerprint density at radius 2 is 2.05 bits per heavy atom. The summed E-state index contributed by atoms with van der Waals surface area (Å²) in [5, 5.41) is 3.72. The summed E-state index contributed by atoms with van der Waals surface area (Å²) in [5.74, 6) is 0.513. The minimum absolute atomic E-state index is 0.135. The second-order valence-corrected chi connectivity index (χ2v) is 4.94. The van der Waals surface area contributed by atoms with E-state index in [9.17, 15) is 4.39 Å². The van der Waals surface area contributed by atoms with Gasteiger partial charge >= 0.3 is 0 Å². The topological polar surface area (TPSA) is 30.5 Å². The van der Waals surface area contributed by atoms with Crippen LogP contribution in [0.5, 0.6) is 11.5 Å². The molecule has 0 aromatic heterocycles. The Hall–Kier alpha value is -1.78. The monoisotopic (exact) mass is 309 g/mol. The molecule has 0 bridgehead atoms. The zero-order valence-electron chi connectivity index (χ0n) is 11.9. The normalized spacial score (nSPS) is 12.0. The van der Waals surface area contributed by atoms with Crippen LogP contribution in [0.4, 0.5) is 4.39 Å². The van der Waals surface area contributed by atoms with Crippen LogP contribution < -0.4 is 14.8 Å². The predicted molar refractivity (Wildman–Crippen MR) is 81.7 cm³/mol. The lowest BCUT2D eigenvalue weighted by atomic mass is 10.1. The van der Waals surface area contributed by atoms with Crippen LogP contribution in [0.2, 0.25) is 5.02 Å². The first-order chi connectivity index (χ1) is 10.1. The number of hydrogen-bond acceptors (Lipinski definition) is 3. The second-order valence-electron chi connectivity index (χ2n) is 4.50. The van der Waals surface area contributed by atoms with Gasteiger partial charge in [-0.25, -0.2) is 4.39 Å². The lowest BCUT2D eigenvalue weighted by Gasteiger charge is -2.18. The third-order valence-corrected chi connectivity index (χ3v) is 3.37. The van der Waals surface area contributed by atoms with Gasteiger partial charge in [0, 0.05) is 5.02 Å². The summed E-state index contributed by atoms with van der Waals surface area (Å²) in [6.45, 7) is 0.364. The van der Waals surface area contributed by atoms with Crippen molar-refractivity contribution in [1.82, 2.24) is 5.32 Å². The Balaban J connectivity index is 2.07. The van der Waals surface area contributed by atoms with Crippen molar-refractivity contribution in [1.29, 1.82) is 0 Å². The molecule has 0 saturated carbocycles. The molecule has 3 nitrogen and oxygen atoms in total. The molecule has 5 heteroatoms. The summed E-state index contributed by atoms with van der Waals surface area (Å²) >= 11 is 5.91. The van der Waals surface area contributed by atoms with Crippen LogP contribution in [0.25, 0.3) is 0 Å². The summed E-state index contributed by atoms with van der Waals surface area (Å²) in [7, 11) is 3.24. The summed E-state index contributed by atoms with van der Waals surface area (Å²) in [4.78, 5) is 0. The third kappa shape index (κ3) is 4.09. The van der Waals surface area contributed by atoms with Crippen molar-refractivity contribution in [3.05, 3.63) is 58.9 Å². The van der Waals surface area contributed by atoms with Gasteiger partial charge in [0.15, 0.2) is 11.6 Å². The van der Waals surface area contributed by atoms with Crippen molar-refractivity contribution >= 4 is 11.6 Å². The van der Waals surface area contributed by atoms with Crippen LogP contribution in [0, 0.1) is 5.82 Å². The molecule has 112 valence electrons. The van der Waals surface area contributed by atoms with Crippen molar-refractivity contribution in [3.8, 4) is 11.5 Å². The van der Waals surface area contributed by atoms with Crippen molar-refractivity contribution < 1.29 is 13.9 Å². The molecule has 0 radical (unpaired) electrons. The quantitative estimate of drug-likeness (QED) is 0.880. The van der Waals surface area contributed by atoms with Crippen molar-refractivity contribution in [2.45, 2.75) is 6.04 Å². The number of likely N-dealkylation sites (N-methyl/N-ethyl adjacent to an activating group) is 1. The number of halogens is 2. The van der Waals surface area contributed by atoms with Gasteiger partial charge in [0.2, 0.25) is 0 Å². The summed E-state index contributed by atoms with van der Waals surface area (Å²) in [5.41, 5.74) is 0.790. The Bertz CT molecular complexity index is 607. The van der Waals surface area contributed by atoms with E-state index >= 15 is 0 Å². The van der Waals surface area contributed by atoms with E-state index in [-0.39, 0.29) is 11.8 Å². The highest BCUT2D eigenvalue weighted by Crippen LogP contribution is 2.23. The highest BCUT2D eigenvalue weighted by molar-refractivity contribution is 6.30. The number of methoxy groups -OCH3 is 1. The second kappa shape index (κ2) is 7.29. The maximum atomic E-state index is 13.8. The van der Waals surface area contributed by atoms with Gasteiger partial charge in [-0.15, -0.1) is 0 Å². The summed E-state index contributed by atoms with van der Waals surface area (Å²) in [6.07, 6.45) is 0. The van der Waals surface area contributed by atoms with E-state index in [2.05, 4.69) is 5.32 Å². The average Bonchev–Trinajstić information content (AvgIpc) is 2.48. The van der Waals surface area contributed by atoms with Crippen molar-refractivity contribution in [2.24, 2.45) is 0 Å². The molecule has 0 fully saturated rings. The SMILES string of the molecule is CNC(COc1cccc(Cl)c1)c1ccc(OC)c(F)c1. The Kier molecular flexibility index (Phi) is 5.42. The summed E-state index contributed by atoms with van der Waals surface area (Å²) in [6, 6.07) is 11.9. The lowest BCUT2D eigenvalue weighted by Crippen LogP contribution is -2.23. The first kappa shape index (κ1) is 15.6. The van der Waals surface area contributed by atoms with Gasteiger partial charge in [0.05, 0.1) is 13.2 Å². The molecule has 0 saturated heterocycles. The Labute approximate surface area is 128 Å². The lowest BCUT2D eigenvalue weighted by molar-refractivity contribution is 0.272. The molecule has 0 aliphatic heterocycles.